The van der Waals surface area contributed by atoms with Crippen LogP contribution >= 0.6 is 0 Å². The van der Waals surface area contributed by atoms with Crippen molar-refractivity contribution in [2.24, 2.45) is 0 Å². The molecular formula is C27H32N4O3. The molecule has 0 bridgehead atoms. The summed E-state index contributed by atoms with van der Waals surface area (Å²) in [5.74, 6) is 0.0256. The molecule has 0 radical (unpaired) electrons. The van der Waals surface area contributed by atoms with E-state index in [0.29, 0.717) is 16.9 Å². The fourth-order valence-corrected chi connectivity index (χ4v) is 4.19. The van der Waals surface area contributed by atoms with Crippen molar-refractivity contribution in [2.75, 3.05) is 50.0 Å². The van der Waals surface area contributed by atoms with Gasteiger partial charge in [0.1, 0.15) is 11.4 Å². The van der Waals surface area contributed by atoms with Crippen molar-refractivity contribution < 1.29 is 14.3 Å². The van der Waals surface area contributed by atoms with Crippen LogP contribution < -0.4 is 15.0 Å². The number of carbonyl (C=O) groups is 2. The quantitative estimate of drug-likeness (QED) is 0.480. The lowest BCUT2D eigenvalue weighted by molar-refractivity contribution is -0.136. The lowest BCUT2D eigenvalue weighted by atomic mass is 10.0. The monoisotopic (exact) mass is 460 g/mol. The number of rotatable bonds is 8. The SMILES string of the molecule is C=CCN1C(=O)C(Nc2ccc(N3CCN(C)CC3)cc2)=C(c2ccc(OC(C)C)cc2)C1=O. The molecule has 1 N–H and O–H groups in total. The van der Waals surface area contributed by atoms with Gasteiger partial charge >= 0.3 is 0 Å². The van der Waals surface area contributed by atoms with E-state index in [4.69, 9.17) is 4.74 Å². The van der Waals surface area contributed by atoms with Crippen LogP contribution in [0.15, 0.2) is 66.9 Å². The van der Waals surface area contributed by atoms with Crippen LogP contribution in [0.5, 0.6) is 5.75 Å². The van der Waals surface area contributed by atoms with Crippen LogP contribution in [0, 0.1) is 0 Å². The third-order valence-corrected chi connectivity index (χ3v) is 6.00. The van der Waals surface area contributed by atoms with Crippen LogP contribution in [0.25, 0.3) is 5.57 Å². The summed E-state index contributed by atoms with van der Waals surface area (Å²) in [6, 6.07) is 15.3. The van der Waals surface area contributed by atoms with E-state index in [1.807, 2.05) is 50.2 Å². The summed E-state index contributed by atoms with van der Waals surface area (Å²) in [6.45, 7) is 11.8. The topological polar surface area (TPSA) is 65.1 Å². The summed E-state index contributed by atoms with van der Waals surface area (Å²) in [5.41, 5.74) is 3.20. The van der Waals surface area contributed by atoms with Crippen molar-refractivity contribution in [1.82, 2.24) is 9.80 Å². The van der Waals surface area contributed by atoms with Gasteiger partial charge in [-0.25, -0.2) is 0 Å². The van der Waals surface area contributed by atoms with Gasteiger partial charge in [-0.2, -0.15) is 0 Å². The van der Waals surface area contributed by atoms with Gasteiger partial charge in [-0.15, -0.1) is 6.58 Å². The average molecular weight is 461 g/mol. The number of benzene rings is 2. The molecule has 7 nitrogen and oxygen atoms in total. The smallest absolute Gasteiger partial charge is 0.278 e. The summed E-state index contributed by atoms with van der Waals surface area (Å²) in [4.78, 5) is 32.2. The maximum absolute atomic E-state index is 13.2. The Morgan fingerprint density at radius 3 is 2.21 bits per heavy atom. The van der Waals surface area contributed by atoms with Gasteiger partial charge < -0.3 is 19.9 Å². The number of carbonyl (C=O) groups excluding carboxylic acids is 2. The van der Waals surface area contributed by atoms with Crippen molar-refractivity contribution in [2.45, 2.75) is 20.0 Å². The first-order valence-electron chi connectivity index (χ1n) is 11.7. The number of amides is 2. The van der Waals surface area contributed by atoms with E-state index in [-0.39, 0.29) is 30.2 Å². The minimum Gasteiger partial charge on any atom is -0.491 e. The van der Waals surface area contributed by atoms with Gasteiger partial charge in [-0.1, -0.05) is 18.2 Å². The second-order valence-corrected chi connectivity index (χ2v) is 8.91. The molecule has 0 aliphatic carbocycles. The van der Waals surface area contributed by atoms with Gasteiger partial charge in [0, 0.05) is 44.1 Å². The Morgan fingerprint density at radius 1 is 0.971 bits per heavy atom. The number of ether oxygens (including phenoxy) is 1. The standard InChI is InChI=1S/C27H32N4O3/c1-5-14-31-26(32)24(20-6-12-23(13-7-20)34-19(2)3)25(27(31)33)28-21-8-10-22(11-9-21)30-17-15-29(4)16-18-30/h5-13,19,28H,1,14-18H2,2-4H3. The molecule has 1 fully saturated rings. The molecule has 2 aliphatic heterocycles. The maximum atomic E-state index is 13.2. The van der Waals surface area contributed by atoms with Crippen molar-refractivity contribution in [3.05, 3.63) is 72.4 Å². The highest BCUT2D eigenvalue weighted by Crippen LogP contribution is 2.32. The van der Waals surface area contributed by atoms with Crippen LogP contribution in [0.2, 0.25) is 0 Å². The number of nitrogens with one attached hydrogen (secondary N) is 1. The zero-order chi connectivity index (χ0) is 24.2. The molecule has 34 heavy (non-hydrogen) atoms. The molecule has 2 aromatic rings. The fraction of sp³-hybridized carbons (Fsp3) is 0.333. The number of nitrogens with zero attached hydrogens (tertiary/aromatic N) is 3. The van der Waals surface area contributed by atoms with Crippen molar-refractivity contribution in [3.63, 3.8) is 0 Å². The van der Waals surface area contributed by atoms with Gasteiger partial charge in [0.2, 0.25) is 0 Å². The Morgan fingerprint density at radius 2 is 1.62 bits per heavy atom. The van der Waals surface area contributed by atoms with E-state index in [0.717, 1.165) is 37.6 Å². The van der Waals surface area contributed by atoms with E-state index < -0.39 is 0 Å². The number of hydrogen-bond donors (Lipinski definition) is 1. The molecule has 2 aliphatic rings. The summed E-state index contributed by atoms with van der Waals surface area (Å²) in [6.07, 6.45) is 1.61. The largest absolute Gasteiger partial charge is 0.491 e. The first kappa shape index (κ1) is 23.6. The minimum absolute atomic E-state index is 0.0499. The van der Waals surface area contributed by atoms with Crippen molar-refractivity contribution in [3.8, 4) is 5.75 Å². The van der Waals surface area contributed by atoms with E-state index in [1.165, 1.54) is 4.90 Å². The van der Waals surface area contributed by atoms with Gasteiger partial charge in [0.15, 0.2) is 0 Å². The first-order valence-corrected chi connectivity index (χ1v) is 11.7. The van der Waals surface area contributed by atoms with E-state index in [1.54, 1.807) is 6.08 Å². The van der Waals surface area contributed by atoms with Crippen LogP contribution in [0.4, 0.5) is 11.4 Å². The number of hydrogen-bond acceptors (Lipinski definition) is 6. The molecule has 0 spiro atoms. The molecule has 2 aromatic carbocycles. The molecule has 0 atom stereocenters. The number of piperazine rings is 1. The Kier molecular flexibility index (Phi) is 7.03. The van der Waals surface area contributed by atoms with Crippen molar-refractivity contribution in [1.29, 1.82) is 0 Å². The summed E-state index contributed by atoms with van der Waals surface area (Å²) in [7, 11) is 2.14. The highest BCUT2D eigenvalue weighted by atomic mass is 16.5. The highest BCUT2D eigenvalue weighted by molar-refractivity contribution is 6.36. The van der Waals surface area contributed by atoms with Crippen LogP contribution in [0.1, 0.15) is 19.4 Å². The molecule has 0 unspecified atom stereocenters. The molecule has 178 valence electrons. The predicted molar refractivity (Wildman–Crippen MR) is 136 cm³/mol. The molecular weight excluding hydrogens is 428 g/mol. The lowest BCUT2D eigenvalue weighted by Gasteiger charge is -2.34. The van der Waals surface area contributed by atoms with Crippen LogP contribution in [0.3, 0.4) is 0 Å². The van der Waals surface area contributed by atoms with E-state index in [2.05, 4.69) is 40.9 Å². The average Bonchev–Trinajstić information content (AvgIpc) is 3.05. The van der Waals surface area contributed by atoms with Gasteiger partial charge in [0.05, 0.1) is 11.7 Å². The minimum atomic E-state index is -0.356. The number of imide groups is 1. The molecule has 0 saturated carbocycles. The summed E-state index contributed by atoms with van der Waals surface area (Å²) in [5, 5.41) is 3.22. The van der Waals surface area contributed by atoms with Gasteiger partial charge in [0.25, 0.3) is 11.8 Å². The maximum Gasteiger partial charge on any atom is 0.278 e. The number of likely N-dealkylation sites (N-methyl/N-ethyl adjacent to an activating group) is 1. The van der Waals surface area contributed by atoms with E-state index in [9.17, 15) is 9.59 Å². The second-order valence-electron chi connectivity index (χ2n) is 8.91. The normalized spacial score (nSPS) is 17.1. The van der Waals surface area contributed by atoms with Crippen LogP contribution in [-0.2, 0) is 9.59 Å². The zero-order valence-electron chi connectivity index (χ0n) is 20.1. The van der Waals surface area contributed by atoms with Gasteiger partial charge in [-0.3, -0.25) is 14.5 Å². The molecule has 0 aromatic heterocycles. The Bertz CT molecular complexity index is 1080. The summed E-state index contributed by atoms with van der Waals surface area (Å²) >= 11 is 0. The molecule has 2 heterocycles. The predicted octanol–water partition coefficient (Wildman–Crippen LogP) is 3.60. The number of anilines is 2. The van der Waals surface area contributed by atoms with Gasteiger partial charge in [-0.05, 0) is 62.9 Å². The first-order chi connectivity index (χ1) is 16.4. The van der Waals surface area contributed by atoms with Crippen molar-refractivity contribution >= 4 is 28.8 Å². The Labute approximate surface area is 201 Å². The van der Waals surface area contributed by atoms with E-state index >= 15 is 0 Å². The second kappa shape index (κ2) is 10.1. The third kappa shape index (κ3) is 4.99. The highest BCUT2D eigenvalue weighted by Gasteiger charge is 2.38. The Hall–Kier alpha value is -3.58. The fourth-order valence-electron chi connectivity index (χ4n) is 4.19. The Balaban J connectivity index is 1.60. The van der Waals surface area contributed by atoms with Crippen LogP contribution in [-0.4, -0.2) is 67.5 Å². The molecule has 2 amide bonds. The molecule has 7 heteroatoms. The molecule has 4 rings (SSSR count). The zero-order valence-corrected chi connectivity index (χ0v) is 20.1. The summed E-state index contributed by atoms with van der Waals surface area (Å²) < 4.78 is 5.72. The lowest BCUT2D eigenvalue weighted by Crippen LogP contribution is -2.44. The third-order valence-electron chi connectivity index (χ3n) is 6.00. The molecule has 1 saturated heterocycles.